The zero-order valence-electron chi connectivity index (χ0n) is 7.63. The Kier molecular flexibility index (Phi) is 2.60. The van der Waals surface area contributed by atoms with Crippen LogP contribution in [0.4, 0.5) is 15.8 Å². The molecule has 0 bridgehead atoms. The molecule has 0 aliphatic rings. The van der Waals surface area contributed by atoms with Gasteiger partial charge in [0.2, 0.25) is 0 Å². The molecule has 0 aliphatic carbocycles. The lowest BCUT2D eigenvalue weighted by atomic mass is 10.0. The van der Waals surface area contributed by atoms with Crippen LogP contribution in [0.5, 0.6) is 0 Å². The zero-order valence-corrected chi connectivity index (χ0v) is 7.63. The highest BCUT2D eigenvalue weighted by Gasteiger charge is 2.11. The Morgan fingerprint density at radius 3 is 2.54 bits per heavy atom. The van der Waals surface area contributed by atoms with Crippen molar-refractivity contribution in [2.75, 3.05) is 5.73 Å². The van der Waals surface area contributed by atoms with E-state index in [4.69, 9.17) is 11.3 Å². The topological polar surface area (TPSA) is 62.2 Å². The monoisotopic (exact) mass is 181 g/mol. The summed E-state index contributed by atoms with van der Waals surface area (Å²) in [6.07, 6.45) is 0. The number of nitrogens with two attached hydrogens (primary N) is 1. The number of nitrogens with zero attached hydrogens (tertiary/aromatic N) is 1. The summed E-state index contributed by atoms with van der Waals surface area (Å²) in [5.74, 6) is -0.268. The van der Waals surface area contributed by atoms with Crippen molar-refractivity contribution in [1.29, 1.82) is 5.53 Å². The van der Waals surface area contributed by atoms with Crippen LogP contribution < -0.4 is 5.73 Å². The minimum Gasteiger partial charge on any atom is -0.397 e. The van der Waals surface area contributed by atoms with E-state index in [9.17, 15) is 4.39 Å². The van der Waals surface area contributed by atoms with Gasteiger partial charge in [0.1, 0.15) is 11.5 Å². The van der Waals surface area contributed by atoms with Crippen LogP contribution in [0.3, 0.4) is 0 Å². The van der Waals surface area contributed by atoms with Gasteiger partial charge in [-0.1, -0.05) is 13.8 Å². The van der Waals surface area contributed by atoms with Gasteiger partial charge in [-0.25, -0.2) is 9.92 Å². The quantitative estimate of drug-likeness (QED) is 0.534. The predicted octanol–water partition coefficient (Wildman–Crippen LogP) is 3.19. The summed E-state index contributed by atoms with van der Waals surface area (Å²) in [5.41, 5.74) is 13.7. The van der Waals surface area contributed by atoms with Gasteiger partial charge in [0.25, 0.3) is 0 Å². The molecule has 0 heterocycles. The minimum atomic E-state index is -0.381. The van der Waals surface area contributed by atoms with Crippen molar-refractivity contribution in [3.05, 3.63) is 23.5 Å². The second-order valence-corrected chi connectivity index (χ2v) is 3.20. The Bertz CT molecular complexity index is 334. The molecule has 13 heavy (non-hydrogen) atoms. The second kappa shape index (κ2) is 3.51. The largest absolute Gasteiger partial charge is 0.397 e. The fourth-order valence-corrected chi connectivity index (χ4v) is 1.21. The number of hydrogen-bond donors (Lipinski definition) is 2. The first-order valence-corrected chi connectivity index (χ1v) is 4.02. The van der Waals surface area contributed by atoms with Gasteiger partial charge < -0.3 is 5.73 Å². The molecular formula is C9H12FN3. The summed E-state index contributed by atoms with van der Waals surface area (Å²) in [6, 6.07) is 2.55. The van der Waals surface area contributed by atoms with Crippen LogP contribution in [0.15, 0.2) is 17.2 Å². The Labute approximate surface area is 76.3 Å². The fourth-order valence-electron chi connectivity index (χ4n) is 1.21. The SMILES string of the molecule is CC(C)c1cc(F)cc(N)c1N=N. The number of benzene rings is 1. The molecule has 0 saturated carbocycles. The Morgan fingerprint density at radius 2 is 2.08 bits per heavy atom. The molecule has 0 spiro atoms. The first kappa shape index (κ1) is 9.64. The van der Waals surface area contributed by atoms with Gasteiger partial charge in [0.05, 0.1) is 5.69 Å². The molecule has 3 N–H and O–H groups in total. The van der Waals surface area contributed by atoms with Gasteiger partial charge in [-0.2, -0.15) is 5.11 Å². The average Bonchev–Trinajstić information content (AvgIpc) is 2.02. The smallest absolute Gasteiger partial charge is 0.125 e. The van der Waals surface area contributed by atoms with E-state index >= 15 is 0 Å². The lowest BCUT2D eigenvalue weighted by molar-refractivity contribution is 0.624. The number of rotatable bonds is 2. The molecule has 0 unspecified atom stereocenters. The van der Waals surface area contributed by atoms with Crippen LogP contribution in [-0.4, -0.2) is 0 Å². The highest BCUT2D eigenvalue weighted by atomic mass is 19.1. The van der Waals surface area contributed by atoms with Crippen molar-refractivity contribution < 1.29 is 4.39 Å². The molecule has 0 radical (unpaired) electrons. The third-order valence-electron chi connectivity index (χ3n) is 1.87. The maximum atomic E-state index is 12.9. The van der Waals surface area contributed by atoms with Gasteiger partial charge in [-0.3, -0.25) is 0 Å². The minimum absolute atomic E-state index is 0.113. The van der Waals surface area contributed by atoms with Crippen molar-refractivity contribution in [2.45, 2.75) is 19.8 Å². The predicted molar refractivity (Wildman–Crippen MR) is 49.7 cm³/mol. The highest BCUT2D eigenvalue weighted by molar-refractivity contribution is 5.67. The van der Waals surface area contributed by atoms with E-state index < -0.39 is 0 Å². The van der Waals surface area contributed by atoms with E-state index in [2.05, 4.69) is 5.11 Å². The first-order chi connectivity index (χ1) is 6.06. The number of nitrogen functional groups attached to an aromatic ring is 1. The van der Waals surface area contributed by atoms with E-state index in [1.165, 1.54) is 12.1 Å². The molecule has 1 rings (SSSR count). The van der Waals surface area contributed by atoms with Crippen LogP contribution in [0.2, 0.25) is 0 Å². The maximum absolute atomic E-state index is 12.9. The van der Waals surface area contributed by atoms with Gasteiger partial charge in [0.15, 0.2) is 0 Å². The van der Waals surface area contributed by atoms with Crippen LogP contribution in [-0.2, 0) is 0 Å². The fraction of sp³-hybridized carbons (Fsp3) is 0.333. The van der Waals surface area contributed by atoms with Crippen molar-refractivity contribution in [3.63, 3.8) is 0 Å². The lowest BCUT2D eigenvalue weighted by Gasteiger charge is -2.10. The van der Waals surface area contributed by atoms with Gasteiger partial charge in [0, 0.05) is 0 Å². The molecule has 1 aromatic rings. The molecule has 0 fully saturated rings. The number of nitrogens with one attached hydrogen (secondary N) is 1. The Hall–Kier alpha value is -1.45. The molecule has 3 nitrogen and oxygen atoms in total. The molecule has 0 aliphatic heterocycles. The van der Waals surface area contributed by atoms with E-state index in [-0.39, 0.29) is 17.4 Å². The molecule has 0 aromatic heterocycles. The first-order valence-electron chi connectivity index (χ1n) is 4.02. The summed E-state index contributed by atoms with van der Waals surface area (Å²) < 4.78 is 12.9. The Balaban J connectivity index is 3.38. The van der Waals surface area contributed by atoms with Gasteiger partial charge in [-0.15, -0.1) is 0 Å². The van der Waals surface area contributed by atoms with E-state index in [1.54, 1.807) is 0 Å². The molecule has 1 aromatic carbocycles. The maximum Gasteiger partial charge on any atom is 0.125 e. The molecular weight excluding hydrogens is 169 g/mol. The highest BCUT2D eigenvalue weighted by Crippen LogP contribution is 2.32. The second-order valence-electron chi connectivity index (χ2n) is 3.20. The van der Waals surface area contributed by atoms with Crippen LogP contribution in [0.1, 0.15) is 25.3 Å². The third-order valence-corrected chi connectivity index (χ3v) is 1.87. The third kappa shape index (κ3) is 1.83. The number of halogens is 1. The van der Waals surface area contributed by atoms with E-state index in [0.717, 1.165) is 0 Å². The molecule has 70 valence electrons. The Morgan fingerprint density at radius 1 is 1.46 bits per heavy atom. The average molecular weight is 181 g/mol. The zero-order chi connectivity index (χ0) is 10.0. The van der Waals surface area contributed by atoms with E-state index in [1.807, 2.05) is 13.8 Å². The standard InChI is InChI=1S/C9H12FN3/c1-5(2)7-3-6(10)4-8(11)9(7)13-12/h3-5,12H,11H2,1-2H3. The van der Waals surface area contributed by atoms with Crippen molar-refractivity contribution >= 4 is 11.4 Å². The van der Waals surface area contributed by atoms with Crippen LogP contribution in [0.25, 0.3) is 0 Å². The van der Waals surface area contributed by atoms with Crippen molar-refractivity contribution in [1.82, 2.24) is 0 Å². The number of hydrogen-bond acceptors (Lipinski definition) is 3. The van der Waals surface area contributed by atoms with E-state index in [0.29, 0.717) is 11.3 Å². The van der Waals surface area contributed by atoms with Crippen molar-refractivity contribution in [3.8, 4) is 0 Å². The summed E-state index contributed by atoms with van der Waals surface area (Å²) in [5, 5.41) is 3.29. The molecule has 0 amide bonds. The molecule has 0 atom stereocenters. The summed E-state index contributed by atoms with van der Waals surface area (Å²) in [6.45, 7) is 3.81. The number of anilines is 1. The van der Waals surface area contributed by atoms with Crippen LogP contribution >= 0.6 is 0 Å². The van der Waals surface area contributed by atoms with Gasteiger partial charge in [-0.05, 0) is 23.6 Å². The summed E-state index contributed by atoms with van der Waals surface area (Å²) in [4.78, 5) is 0. The van der Waals surface area contributed by atoms with Crippen molar-refractivity contribution in [2.24, 2.45) is 5.11 Å². The lowest BCUT2D eigenvalue weighted by Crippen LogP contribution is -1.95. The van der Waals surface area contributed by atoms with Gasteiger partial charge >= 0.3 is 0 Å². The normalized spacial score (nSPS) is 10.5. The summed E-state index contributed by atoms with van der Waals surface area (Å²) in [7, 11) is 0. The molecule has 0 saturated heterocycles. The van der Waals surface area contributed by atoms with Crippen LogP contribution in [0, 0.1) is 11.3 Å². The molecule has 4 heteroatoms. The summed E-state index contributed by atoms with van der Waals surface area (Å²) >= 11 is 0.